The number of hydrogen-bond donors (Lipinski definition) is 1. The molecule has 0 aromatic heterocycles. The van der Waals surface area contributed by atoms with Crippen LogP contribution in [0, 0.1) is 11.3 Å². The average molecular weight is 392 g/mol. The van der Waals surface area contributed by atoms with Gasteiger partial charge in [0.1, 0.15) is 17.4 Å². The largest absolute Gasteiger partial charge is 0.497 e. The van der Waals surface area contributed by atoms with Crippen LogP contribution in [0.5, 0.6) is 5.75 Å². The van der Waals surface area contributed by atoms with Crippen LogP contribution in [-0.4, -0.2) is 25.6 Å². The van der Waals surface area contributed by atoms with Gasteiger partial charge >= 0.3 is 5.97 Å². The number of aryl methyl sites for hydroxylation is 1. The molecule has 0 saturated carbocycles. The molecule has 2 aromatic rings. The SMILES string of the molecule is CCc1ccc([C@H](C)NC(=O)COC(=O)/C(C#N)=C/c2ccc(OC)cc2)cc1. The van der Waals surface area contributed by atoms with Gasteiger partial charge in [0.2, 0.25) is 0 Å². The molecule has 0 aliphatic rings. The third-order valence-corrected chi connectivity index (χ3v) is 4.37. The van der Waals surface area contributed by atoms with E-state index in [-0.39, 0.29) is 11.6 Å². The lowest BCUT2D eigenvalue weighted by Crippen LogP contribution is -2.31. The normalized spacial score (nSPS) is 11.9. The van der Waals surface area contributed by atoms with Crippen LogP contribution in [0.4, 0.5) is 0 Å². The van der Waals surface area contributed by atoms with E-state index < -0.39 is 18.5 Å². The van der Waals surface area contributed by atoms with Gasteiger partial charge in [-0.2, -0.15) is 5.26 Å². The highest BCUT2D eigenvalue weighted by Crippen LogP contribution is 2.15. The summed E-state index contributed by atoms with van der Waals surface area (Å²) < 4.78 is 10.0. The molecule has 6 nitrogen and oxygen atoms in total. The summed E-state index contributed by atoms with van der Waals surface area (Å²) in [6.07, 6.45) is 2.35. The maximum atomic E-state index is 12.1. The minimum Gasteiger partial charge on any atom is -0.497 e. The van der Waals surface area contributed by atoms with Gasteiger partial charge in [-0.1, -0.05) is 43.3 Å². The number of hydrogen-bond acceptors (Lipinski definition) is 5. The fourth-order valence-electron chi connectivity index (χ4n) is 2.62. The van der Waals surface area contributed by atoms with E-state index in [1.165, 1.54) is 11.6 Å². The molecule has 0 unspecified atom stereocenters. The summed E-state index contributed by atoms with van der Waals surface area (Å²) in [4.78, 5) is 24.2. The second-order valence-corrected chi connectivity index (χ2v) is 6.40. The lowest BCUT2D eigenvalue weighted by molar-refractivity contribution is -0.144. The number of carbonyl (C=O) groups excluding carboxylic acids is 2. The molecule has 2 rings (SSSR count). The number of nitriles is 1. The number of nitrogens with one attached hydrogen (secondary N) is 1. The van der Waals surface area contributed by atoms with E-state index in [1.54, 1.807) is 37.4 Å². The fourth-order valence-corrected chi connectivity index (χ4v) is 2.62. The van der Waals surface area contributed by atoms with Crippen molar-refractivity contribution in [2.24, 2.45) is 0 Å². The van der Waals surface area contributed by atoms with Crippen LogP contribution in [0.3, 0.4) is 0 Å². The molecule has 0 aliphatic carbocycles. The topological polar surface area (TPSA) is 88.4 Å². The van der Waals surface area contributed by atoms with Crippen molar-refractivity contribution >= 4 is 18.0 Å². The zero-order valence-electron chi connectivity index (χ0n) is 16.8. The number of amides is 1. The molecule has 0 saturated heterocycles. The van der Waals surface area contributed by atoms with Crippen molar-refractivity contribution in [1.29, 1.82) is 5.26 Å². The van der Waals surface area contributed by atoms with Gasteiger partial charge in [0.05, 0.1) is 13.2 Å². The van der Waals surface area contributed by atoms with Crippen molar-refractivity contribution < 1.29 is 19.1 Å². The van der Waals surface area contributed by atoms with E-state index in [0.717, 1.165) is 12.0 Å². The Hall–Kier alpha value is -3.59. The third-order valence-electron chi connectivity index (χ3n) is 4.37. The van der Waals surface area contributed by atoms with Crippen molar-refractivity contribution in [1.82, 2.24) is 5.32 Å². The highest BCUT2D eigenvalue weighted by Gasteiger charge is 2.15. The Balaban J connectivity index is 1.90. The summed E-state index contributed by atoms with van der Waals surface area (Å²) in [7, 11) is 1.55. The number of methoxy groups -OCH3 is 1. The Labute approximate surface area is 170 Å². The molecule has 0 aliphatic heterocycles. The average Bonchev–Trinajstić information content (AvgIpc) is 2.76. The molecule has 0 radical (unpaired) electrons. The first kappa shape index (κ1) is 21.7. The summed E-state index contributed by atoms with van der Waals surface area (Å²) in [5.74, 6) is -0.621. The van der Waals surface area contributed by atoms with Gasteiger partial charge in [-0.05, 0) is 48.2 Å². The molecule has 0 fully saturated rings. The first-order valence-corrected chi connectivity index (χ1v) is 9.28. The first-order chi connectivity index (χ1) is 14.0. The number of benzene rings is 2. The Kier molecular flexibility index (Phi) is 7.99. The van der Waals surface area contributed by atoms with Crippen molar-refractivity contribution in [2.45, 2.75) is 26.3 Å². The van der Waals surface area contributed by atoms with Gasteiger partial charge in [0, 0.05) is 0 Å². The molecule has 1 amide bonds. The molecular formula is C23H24N2O4. The summed E-state index contributed by atoms with van der Waals surface area (Å²) in [5, 5.41) is 12.0. The smallest absolute Gasteiger partial charge is 0.349 e. The lowest BCUT2D eigenvalue weighted by atomic mass is 10.1. The zero-order valence-corrected chi connectivity index (χ0v) is 16.8. The van der Waals surface area contributed by atoms with Crippen LogP contribution >= 0.6 is 0 Å². The molecule has 6 heteroatoms. The highest BCUT2D eigenvalue weighted by atomic mass is 16.5. The third kappa shape index (κ3) is 6.51. The van der Waals surface area contributed by atoms with Crippen molar-refractivity contribution in [3.8, 4) is 11.8 Å². The summed E-state index contributed by atoms with van der Waals surface area (Å²) in [6, 6.07) is 16.4. The van der Waals surface area contributed by atoms with E-state index in [2.05, 4.69) is 12.2 Å². The summed E-state index contributed by atoms with van der Waals surface area (Å²) >= 11 is 0. The lowest BCUT2D eigenvalue weighted by Gasteiger charge is -2.14. The second-order valence-electron chi connectivity index (χ2n) is 6.40. The quantitative estimate of drug-likeness (QED) is 0.421. The van der Waals surface area contributed by atoms with Crippen LogP contribution in [0.1, 0.15) is 36.6 Å². The Morgan fingerprint density at radius 2 is 1.79 bits per heavy atom. The fraction of sp³-hybridized carbons (Fsp3) is 0.261. The molecule has 1 N–H and O–H groups in total. The highest BCUT2D eigenvalue weighted by molar-refractivity contribution is 5.98. The maximum absolute atomic E-state index is 12.1. The molecule has 0 spiro atoms. The molecule has 2 aromatic carbocycles. The Bertz CT molecular complexity index is 909. The van der Waals surface area contributed by atoms with Crippen molar-refractivity contribution in [3.63, 3.8) is 0 Å². The Morgan fingerprint density at radius 1 is 1.14 bits per heavy atom. The number of nitrogens with zero attached hydrogens (tertiary/aromatic N) is 1. The molecule has 29 heavy (non-hydrogen) atoms. The number of esters is 1. The van der Waals surface area contributed by atoms with Gasteiger partial charge in [-0.3, -0.25) is 4.79 Å². The molecule has 0 bridgehead atoms. The van der Waals surface area contributed by atoms with Crippen molar-refractivity contribution in [3.05, 3.63) is 70.8 Å². The van der Waals surface area contributed by atoms with Gasteiger partial charge < -0.3 is 14.8 Å². The predicted molar refractivity (Wildman–Crippen MR) is 110 cm³/mol. The van der Waals surface area contributed by atoms with Crippen molar-refractivity contribution in [2.75, 3.05) is 13.7 Å². The van der Waals surface area contributed by atoms with Gasteiger partial charge in [0.25, 0.3) is 5.91 Å². The van der Waals surface area contributed by atoms with Crippen LogP contribution in [0.2, 0.25) is 0 Å². The van der Waals surface area contributed by atoms with Crippen LogP contribution in [-0.2, 0) is 20.7 Å². The zero-order chi connectivity index (χ0) is 21.2. The molecule has 150 valence electrons. The number of carbonyl (C=O) groups is 2. The predicted octanol–water partition coefficient (Wildman–Crippen LogP) is 3.59. The van der Waals surface area contributed by atoms with E-state index in [4.69, 9.17) is 9.47 Å². The number of ether oxygens (including phenoxy) is 2. The second kappa shape index (κ2) is 10.7. The van der Waals surface area contributed by atoms with Crippen LogP contribution < -0.4 is 10.1 Å². The minimum atomic E-state index is -0.849. The minimum absolute atomic E-state index is 0.189. The van der Waals surface area contributed by atoms with Crippen LogP contribution in [0.15, 0.2) is 54.1 Å². The van der Waals surface area contributed by atoms with Gasteiger partial charge in [-0.25, -0.2) is 4.79 Å². The van der Waals surface area contributed by atoms with Crippen LogP contribution in [0.25, 0.3) is 6.08 Å². The van der Waals surface area contributed by atoms with E-state index in [9.17, 15) is 14.9 Å². The van der Waals surface area contributed by atoms with E-state index in [0.29, 0.717) is 11.3 Å². The Morgan fingerprint density at radius 3 is 2.34 bits per heavy atom. The summed E-state index contributed by atoms with van der Waals surface area (Å²) in [5.41, 5.74) is 2.63. The summed E-state index contributed by atoms with van der Waals surface area (Å²) in [6.45, 7) is 3.47. The maximum Gasteiger partial charge on any atom is 0.349 e. The molecule has 1 atom stereocenters. The standard InChI is InChI=1S/C23H24N2O4/c1-4-17-5-9-19(10-6-17)16(2)25-22(26)15-29-23(27)20(14-24)13-18-7-11-21(28-3)12-8-18/h5-13,16H,4,15H2,1-3H3,(H,25,26)/b20-13+/t16-/m0/s1. The number of rotatable bonds is 8. The monoisotopic (exact) mass is 392 g/mol. The molecular weight excluding hydrogens is 368 g/mol. The first-order valence-electron chi connectivity index (χ1n) is 9.28. The molecule has 0 heterocycles. The van der Waals surface area contributed by atoms with Gasteiger partial charge in [-0.15, -0.1) is 0 Å². The van der Waals surface area contributed by atoms with E-state index in [1.807, 2.05) is 31.2 Å². The van der Waals surface area contributed by atoms with Gasteiger partial charge in [0.15, 0.2) is 6.61 Å². The van der Waals surface area contributed by atoms with E-state index >= 15 is 0 Å².